The molecule has 0 aliphatic rings. The van der Waals surface area contributed by atoms with E-state index in [0.717, 1.165) is 25.0 Å². The summed E-state index contributed by atoms with van der Waals surface area (Å²) in [6.07, 6.45) is 2.77. The molecule has 6 nitrogen and oxygen atoms in total. The van der Waals surface area contributed by atoms with Gasteiger partial charge < -0.3 is 19.9 Å². The third-order valence-electron chi connectivity index (χ3n) is 5.67. The molecule has 0 saturated heterocycles. The van der Waals surface area contributed by atoms with E-state index in [4.69, 9.17) is 25.4 Å². The Labute approximate surface area is 197 Å². The molecule has 0 unspecified atom stereocenters. The summed E-state index contributed by atoms with van der Waals surface area (Å²) >= 11 is 0. The molecule has 0 aromatic heterocycles. The maximum atomic E-state index is 13.0. The largest absolute Gasteiger partial charge is 0.494 e. The summed E-state index contributed by atoms with van der Waals surface area (Å²) in [5.74, 6) is 2.76. The number of nitrogens with two attached hydrogens (primary N) is 1. The van der Waals surface area contributed by atoms with Crippen LogP contribution >= 0.6 is 0 Å². The van der Waals surface area contributed by atoms with E-state index >= 15 is 0 Å². The van der Waals surface area contributed by atoms with Gasteiger partial charge in [0, 0.05) is 17.0 Å². The van der Waals surface area contributed by atoms with E-state index < -0.39 is 0 Å². The maximum Gasteiger partial charge on any atom is 0.166 e. The molecule has 0 amide bonds. The van der Waals surface area contributed by atoms with Crippen LogP contribution in [0.5, 0.6) is 17.2 Å². The Balaban J connectivity index is 1.78. The zero-order valence-corrected chi connectivity index (χ0v) is 20.5. The normalized spacial score (nSPS) is 11.2. The fourth-order valence-corrected chi connectivity index (χ4v) is 3.99. The molecular formula is C27H38N2O4. The molecule has 0 atom stereocenters. The van der Waals surface area contributed by atoms with Crippen LogP contribution in [0.25, 0.3) is 0 Å². The predicted molar refractivity (Wildman–Crippen MR) is 133 cm³/mol. The minimum Gasteiger partial charge on any atom is -0.494 e. The predicted octanol–water partition coefficient (Wildman–Crippen LogP) is 5.72. The number of carbonyl (C=O) groups is 1. The van der Waals surface area contributed by atoms with Crippen LogP contribution in [-0.2, 0) is 0 Å². The summed E-state index contributed by atoms with van der Waals surface area (Å²) < 4.78 is 17.1. The molecule has 3 N–H and O–H groups in total. The number of rotatable bonds is 14. The lowest BCUT2D eigenvalue weighted by atomic mass is 9.80. The van der Waals surface area contributed by atoms with Crippen molar-refractivity contribution in [3.63, 3.8) is 0 Å². The minimum absolute atomic E-state index is 0.0178. The highest BCUT2D eigenvalue weighted by Gasteiger charge is 2.27. The molecular weight excluding hydrogens is 416 g/mol. The van der Waals surface area contributed by atoms with Gasteiger partial charge in [-0.15, -0.1) is 0 Å². The lowest BCUT2D eigenvalue weighted by molar-refractivity contribution is 0.0839. The Morgan fingerprint density at radius 2 is 1.42 bits per heavy atom. The first-order valence-electron chi connectivity index (χ1n) is 11.7. The number of ether oxygens (including phenoxy) is 3. The van der Waals surface area contributed by atoms with Gasteiger partial charge in [0.25, 0.3) is 0 Å². The smallest absolute Gasteiger partial charge is 0.166 e. The van der Waals surface area contributed by atoms with E-state index in [9.17, 15) is 4.79 Å². The molecule has 2 aromatic rings. The number of benzene rings is 2. The number of methoxy groups -OCH3 is 1. The zero-order valence-electron chi connectivity index (χ0n) is 20.5. The first kappa shape index (κ1) is 26.2. The zero-order chi connectivity index (χ0) is 24.4. The number of amidine groups is 1. The number of hydrogen-bond acceptors (Lipinski definition) is 5. The van der Waals surface area contributed by atoms with E-state index in [2.05, 4.69) is 27.7 Å². The van der Waals surface area contributed by atoms with E-state index in [1.807, 2.05) is 24.3 Å². The lowest BCUT2D eigenvalue weighted by Crippen LogP contribution is -2.25. The summed E-state index contributed by atoms with van der Waals surface area (Å²) in [6, 6.07) is 12.7. The van der Waals surface area contributed by atoms with Gasteiger partial charge in [-0.1, -0.05) is 27.7 Å². The first-order chi connectivity index (χ1) is 15.7. The van der Waals surface area contributed by atoms with Crippen molar-refractivity contribution in [1.29, 1.82) is 5.41 Å². The number of unbranched alkanes of at least 4 members (excludes halogenated alkanes) is 2. The standard InChI is InChI=1S/C27H38N2O4/c1-18(2)25(19(3)4)26(30)21-11-14-23(24(17-21)31-5)33-16-8-6-7-15-32-22-12-9-20(10-13-22)27(28)29/h9-14,17-19,25H,6-8,15-16H2,1-5H3,(H3,28,29). The van der Waals surface area contributed by atoms with Crippen molar-refractivity contribution < 1.29 is 19.0 Å². The van der Waals surface area contributed by atoms with Crippen molar-refractivity contribution in [2.24, 2.45) is 23.5 Å². The second-order valence-electron chi connectivity index (χ2n) is 8.94. The van der Waals surface area contributed by atoms with Crippen molar-refractivity contribution in [2.75, 3.05) is 20.3 Å². The second-order valence-corrected chi connectivity index (χ2v) is 8.94. The Kier molecular flexibility index (Phi) is 10.2. The number of Topliss-reactive ketones (excluding diaryl/α,β-unsaturated/α-hetero) is 1. The fourth-order valence-electron chi connectivity index (χ4n) is 3.99. The van der Waals surface area contributed by atoms with Gasteiger partial charge in [-0.25, -0.2) is 0 Å². The number of ketones is 1. The van der Waals surface area contributed by atoms with Crippen LogP contribution in [-0.4, -0.2) is 31.9 Å². The van der Waals surface area contributed by atoms with Crippen molar-refractivity contribution in [3.8, 4) is 17.2 Å². The number of hydrogen-bond donors (Lipinski definition) is 2. The van der Waals surface area contributed by atoms with Gasteiger partial charge in [0.1, 0.15) is 11.6 Å². The van der Waals surface area contributed by atoms with Gasteiger partial charge in [-0.05, 0) is 73.6 Å². The molecule has 6 heteroatoms. The van der Waals surface area contributed by atoms with Crippen LogP contribution in [0.15, 0.2) is 42.5 Å². The summed E-state index contributed by atoms with van der Waals surface area (Å²) in [5.41, 5.74) is 6.81. The lowest BCUT2D eigenvalue weighted by Gasteiger charge is -2.23. The summed E-state index contributed by atoms with van der Waals surface area (Å²) in [7, 11) is 1.60. The molecule has 0 spiro atoms. The van der Waals surface area contributed by atoms with Crippen molar-refractivity contribution in [3.05, 3.63) is 53.6 Å². The molecule has 0 aliphatic heterocycles. The van der Waals surface area contributed by atoms with Crippen LogP contribution in [0.1, 0.15) is 62.9 Å². The molecule has 2 aromatic carbocycles. The number of nitrogen functional groups attached to an aromatic ring is 1. The fraction of sp³-hybridized carbons (Fsp3) is 0.481. The third kappa shape index (κ3) is 7.81. The van der Waals surface area contributed by atoms with Gasteiger partial charge >= 0.3 is 0 Å². The van der Waals surface area contributed by atoms with Gasteiger partial charge in [0.15, 0.2) is 17.3 Å². The van der Waals surface area contributed by atoms with Crippen LogP contribution < -0.4 is 19.9 Å². The monoisotopic (exact) mass is 454 g/mol. The van der Waals surface area contributed by atoms with E-state index in [1.165, 1.54) is 0 Å². The van der Waals surface area contributed by atoms with Crippen LogP contribution in [0, 0.1) is 23.2 Å². The van der Waals surface area contributed by atoms with Crippen molar-refractivity contribution in [2.45, 2.75) is 47.0 Å². The van der Waals surface area contributed by atoms with Gasteiger partial charge in [-0.2, -0.15) is 0 Å². The third-order valence-corrected chi connectivity index (χ3v) is 5.67. The Morgan fingerprint density at radius 1 is 0.848 bits per heavy atom. The molecule has 0 bridgehead atoms. The Morgan fingerprint density at radius 3 is 1.97 bits per heavy atom. The SMILES string of the molecule is COc1cc(C(=O)C(C(C)C)C(C)C)ccc1OCCCCCOc1ccc(C(=N)N)cc1. The Hall–Kier alpha value is -3.02. The summed E-state index contributed by atoms with van der Waals surface area (Å²) in [5, 5.41) is 7.40. The van der Waals surface area contributed by atoms with Crippen LogP contribution in [0.3, 0.4) is 0 Å². The van der Waals surface area contributed by atoms with Gasteiger partial charge in [0.2, 0.25) is 0 Å². The average molecular weight is 455 g/mol. The highest BCUT2D eigenvalue weighted by molar-refractivity contribution is 5.98. The van der Waals surface area contributed by atoms with Gasteiger partial charge in [0.05, 0.1) is 20.3 Å². The minimum atomic E-state index is -0.0178. The van der Waals surface area contributed by atoms with Crippen LogP contribution in [0.4, 0.5) is 0 Å². The highest BCUT2D eigenvalue weighted by atomic mass is 16.5. The molecule has 0 fully saturated rings. The molecule has 0 heterocycles. The summed E-state index contributed by atoms with van der Waals surface area (Å²) in [4.78, 5) is 13.0. The molecule has 0 aliphatic carbocycles. The molecule has 0 radical (unpaired) electrons. The van der Waals surface area contributed by atoms with Gasteiger partial charge in [-0.3, -0.25) is 10.2 Å². The molecule has 33 heavy (non-hydrogen) atoms. The van der Waals surface area contributed by atoms with E-state index in [1.54, 1.807) is 25.3 Å². The topological polar surface area (TPSA) is 94.6 Å². The van der Waals surface area contributed by atoms with E-state index in [0.29, 0.717) is 35.8 Å². The van der Waals surface area contributed by atoms with Crippen molar-refractivity contribution in [1.82, 2.24) is 0 Å². The average Bonchev–Trinajstić information content (AvgIpc) is 2.78. The Bertz CT molecular complexity index is 899. The number of nitrogens with one attached hydrogen (secondary N) is 1. The first-order valence-corrected chi connectivity index (χ1v) is 11.7. The maximum absolute atomic E-state index is 13.0. The highest BCUT2D eigenvalue weighted by Crippen LogP contribution is 2.32. The van der Waals surface area contributed by atoms with Crippen molar-refractivity contribution >= 4 is 11.6 Å². The van der Waals surface area contributed by atoms with E-state index in [-0.39, 0.29) is 29.4 Å². The molecule has 0 saturated carbocycles. The summed E-state index contributed by atoms with van der Waals surface area (Å²) in [6.45, 7) is 9.54. The quantitative estimate of drug-likeness (QED) is 0.165. The molecule has 180 valence electrons. The second kappa shape index (κ2) is 12.9. The molecule has 2 rings (SSSR count). The van der Waals surface area contributed by atoms with Crippen LogP contribution in [0.2, 0.25) is 0 Å². The number of carbonyl (C=O) groups excluding carboxylic acids is 1.